The van der Waals surface area contributed by atoms with Crippen molar-refractivity contribution >= 4 is 44.9 Å². The first-order chi connectivity index (χ1) is 10.8. The van der Waals surface area contributed by atoms with Crippen LogP contribution in [0.5, 0.6) is 0 Å². The van der Waals surface area contributed by atoms with Crippen LogP contribution in [0.15, 0.2) is 60.7 Å². The van der Waals surface area contributed by atoms with Crippen LogP contribution in [-0.4, -0.2) is 37.0 Å². The van der Waals surface area contributed by atoms with E-state index in [9.17, 15) is 0 Å². The van der Waals surface area contributed by atoms with Crippen LogP contribution in [0.4, 0.5) is 0 Å². The zero-order valence-corrected chi connectivity index (χ0v) is 17.2. The molecule has 0 aliphatic carbocycles. The molecule has 0 N–H and O–H groups in total. The average molecular weight is 366 g/mol. The highest BCUT2D eigenvalue weighted by atomic mass is 31.1. The summed E-state index contributed by atoms with van der Waals surface area (Å²) in [6.45, 7) is 0. The third kappa shape index (κ3) is 5.99. The number of hydrogen-bond donors (Lipinski definition) is 0. The second-order valence-electron chi connectivity index (χ2n) is 5.22. The van der Waals surface area contributed by atoms with Crippen LogP contribution in [0.25, 0.3) is 0 Å². The van der Waals surface area contributed by atoms with Crippen molar-refractivity contribution in [3.8, 4) is 0 Å². The van der Waals surface area contributed by atoms with E-state index in [4.69, 9.17) is 0 Å². The van der Waals surface area contributed by atoms with Crippen LogP contribution in [0.2, 0.25) is 0 Å². The molecule has 0 nitrogen and oxygen atoms in total. The zero-order chi connectivity index (χ0) is 15.6. The number of benzene rings is 2. The maximum absolute atomic E-state index is 2.91. The summed E-state index contributed by atoms with van der Waals surface area (Å²) in [6.07, 6.45) is 7.85. The molecule has 0 saturated heterocycles. The molecule has 2 aromatic carbocycles. The van der Waals surface area contributed by atoms with Crippen molar-refractivity contribution in [1.82, 2.24) is 0 Å². The quantitative estimate of drug-likeness (QED) is 0.579. The Morgan fingerprint density at radius 3 is 1.23 bits per heavy atom. The van der Waals surface area contributed by atoms with Crippen LogP contribution in [0.3, 0.4) is 0 Å². The third-order valence-electron chi connectivity index (χ3n) is 3.68. The van der Waals surface area contributed by atoms with Crippen LogP contribution in [0, 0.1) is 0 Å². The lowest BCUT2D eigenvalue weighted by molar-refractivity contribution is 1.41. The molecule has 2 rings (SSSR count). The highest BCUT2D eigenvalue weighted by Crippen LogP contribution is 2.42. The minimum absolute atomic E-state index is 0.000902. The van der Waals surface area contributed by atoms with Gasteiger partial charge >= 0.3 is 0 Å². The summed E-state index contributed by atoms with van der Waals surface area (Å²) in [4.78, 5) is 0. The molecule has 0 aliphatic rings. The second-order valence-corrected chi connectivity index (χ2v) is 11.4. The lowest BCUT2D eigenvalue weighted by Gasteiger charge is -2.22. The monoisotopic (exact) mass is 366 g/mol. The highest BCUT2D eigenvalue weighted by Gasteiger charge is 2.15. The van der Waals surface area contributed by atoms with Crippen LogP contribution < -0.4 is 10.6 Å². The molecule has 0 aliphatic heterocycles. The van der Waals surface area contributed by atoms with Gasteiger partial charge in [0.15, 0.2) is 0 Å². The maximum Gasteiger partial charge on any atom is -0.0240 e. The van der Waals surface area contributed by atoms with Crippen molar-refractivity contribution in [1.29, 1.82) is 0 Å². The van der Waals surface area contributed by atoms with E-state index in [1.807, 2.05) is 0 Å². The third-order valence-corrected chi connectivity index (χ3v) is 10.8. The van der Waals surface area contributed by atoms with Gasteiger partial charge in [0, 0.05) is 0 Å². The van der Waals surface area contributed by atoms with Crippen molar-refractivity contribution < 1.29 is 0 Å². The molecule has 4 unspecified atom stereocenters. The van der Waals surface area contributed by atoms with E-state index in [1.54, 1.807) is 10.6 Å². The van der Waals surface area contributed by atoms with Crippen molar-refractivity contribution in [3.63, 3.8) is 0 Å². The van der Waals surface area contributed by atoms with Gasteiger partial charge in [-0.15, -0.1) is 18.5 Å². The molecule has 0 spiro atoms. The average Bonchev–Trinajstić information content (AvgIpc) is 2.59. The Kier molecular flexibility index (Phi) is 9.12. The van der Waals surface area contributed by atoms with Gasteiger partial charge in [0.2, 0.25) is 0 Å². The standard InChI is InChI=1S/C18H26P4/c19-11-13-21(17-7-3-1-4-8-17)15-16-22(14-12-20)18-9-5-2-6-10-18/h1-10H,11-16,19-20H2. The van der Waals surface area contributed by atoms with Gasteiger partial charge < -0.3 is 0 Å². The zero-order valence-electron chi connectivity index (χ0n) is 13.1. The van der Waals surface area contributed by atoms with Gasteiger partial charge in [-0.25, -0.2) is 0 Å². The van der Waals surface area contributed by atoms with E-state index in [0.29, 0.717) is 0 Å². The first-order valence-electron chi connectivity index (χ1n) is 7.85. The lowest BCUT2D eigenvalue weighted by Crippen LogP contribution is -2.13. The molecule has 2 aromatic rings. The second kappa shape index (κ2) is 10.8. The molecule has 0 saturated carbocycles. The van der Waals surface area contributed by atoms with Crippen molar-refractivity contribution in [2.75, 3.05) is 37.0 Å². The van der Waals surface area contributed by atoms with Crippen molar-refractivity contribution in [3.05, 3.63) is 60.7 Å². The smallest absolute Gasteiger partial charge is 0.0240 e. The van der Waals surface area contributed by atoms with E-state index >= 15 is 0 Å². The van der Waals surface area contributed by atoms with Gasteiger partial charge in [-0.1, -0.05) is 76.5 Å². The predicted octanol–water partition coefficient (Wildman–Crippen LogP) is 4.35. The summed E-state index contributed by atoms with van der Waals surface area (Å²) in [6, 6.07) is 22.3. The summed E-state index contributed by atoms with van der Waals surface area (Å²) in [7, 11) is 5.82. The largest absolute Gasteiger partial charge is 0.137 e. The Morgan fingerprint density at radius 2 is 0.909 bits per heavy atom. The minimum Gasteiger partial charge on any atom is -0.137 e. The molecule has 4 heteroatoms. The predicted molar refractivity (Wildman–Crippen MR) is 115 cm³/mol. The SMILES string of the molecule is PCCP(CCP(CCP)c1ccccc1)c1ccccc1. The van der Waals surface area contributed by atoms with E-state index in [-0.39, 0.29) is 15.8 Å². The Labute approximate surface area is 142 Å². The first-order valence-corrected chi connectivity index (χ1v) is 12.9. The van der Waals surface area contributed by atoms with Gasteiger partial charge in [0.25, 0.3) is 0 Å². The van der Waals surface area contributed by atoms with Gasteiger partial charge in [0.1, 0.15) is 0 Å². The minimum atomic E-state index is -0.000902. The topological polar surface area (TPSA) is 0 Å². The summed E-state index contributed by atoms with van der Waals surface area (Å²) >= 11 is 0. The molecular formula is C18H26P4. The van der Waals surface area contributed by atoms with Gasteiger partial charge in [-0.3, -0.25) is 0 Å². The fourth-order valence-electron chi connectivity index (χ4n) is 2.57. The van der Waals surface area contributed by atoms with E-state index in [0.717, 1.165) is 0 Å². The van der Waals surface area contributed by atoms with E-state index in [1.165, 1.54) is 37.0 Å². The molecule has 0 radical (unpaired) electrons. The molecule has 22 heavy (non-hydrogen) atoms. The Balaban J connectivity index is 2.03. The molecule has 0 aromatic heterocycles. The fourth-order valence-corrected chi connectivity index (χ4v) is 9.66. The van der Waals surface area contributed by atoms with E-state index < -0.39 is 0 Å². The van der Waals surface area contributed by atoms with Crippen molar-refractivity contribution in [2.45, 2.75) is 0 Å². The Hall–Kier alpha value is 0.160. The maximum atomic E-state index is 2.91. The van der Waals surface area contributed by atoms with Gasteiger partial charge in [0.05, 0.1) is 0 Å². The molecule has 0 amide bonds. The number of rotatable bonds is 9. The fraction of sp³-hybridized carbons (Fsp3) is 0.333. The summed E-state index contributed by atoms with van der Waals surface area (Å²) in [5, 5.41) is 3.16. The first kappa shape index (κ1) is 18.5. The normalized spacial score (nSPS) is 13.7. The van der Waals surface area contributed by atoms with Gasteiger partial charge in [-0.05, 0) is 47.6 Å². The molecule has 118 valence electrons. The molecule has 0 bridgehead atoms. The highest BCUT2D eigenvalue weighted by molar-refractivity contribution is 7.69. The van der Waals surface area contributed by atoms with E-state index in [2.05, 4.69) is 79.1 Å². The molecular weight excluding hydrogens is 340 g/mol. The number of hydrogen-bond acceptors (Lipinski definition) is 0. The molecule has 0 fully saturated rings. The Bertz CT molecular complexity index is 466. The molecule has 0 heterocycles. The van der Waals surface area contributed by atoms with Crippen LogP contribution >= 0.6 is 34.3 Å². The lowest BCUT2D eigenvalue weighted by atomic mass is 10.4. The summed E-state index contributed by atoms with van der Waals surface area (Å²) in [5.41, 5.74) is 0. The Morgan fingerprint density at radius 1 is 0.545 bits per heavy atom. The molecule has 4 atom stereocenters. The summed E-state index contributed by atoms with van der Waals surface area (Å²) < 4.78 is 0. The summed E-state index contributed by atoms with van der Waals surface area (Å²) in [5.74, 6) is 0. The van der Waals surface area contributed by atoms with Gasteiger partial charge in [-0.2, -0.15) is 0 Å². The van der Waals surface area contributed by atoms with Crippen LogP contribution in [-0.2, 0) is 0 Å². The van der Waals surface area contributed by atoms with Crippen molar-refractivity contribution in [2.24, 2.45) is 0 Å². The van der Waals surface area contributed by atoms with Crippen LogP contribution in [0.1, 0.15) is 0 Å².